The molecule has 0 spiro atoms. The topological polar surface area (TPSA) is 115 Å². The fourth-order valence-corrected chi connectivity index (χ4v) is 5.11. The van der Waals surface area contributed by atoms with Crippen molar-refractivity contribution in [3.63, 3.8) is 0 Å². The van der Waals surface area contributed by atoms with Crippen LogP contribution in [0.4, 0.5) is 0 Å². The second-order valence-electron chi connectivity index (χ2n) is 9.71. The quantitative estimate of drug-likeness (QED) is 0.446. The average Bonchev–Trinajstić information content (AvgIpc) is 3.08. The first-order valence-corrected chi connectivity index (χ1v) is 12.3. The Kier molecular flexibility index (Phi) is 8.52. The van der Waals surface area contributed by atoms with E-state index in [1.54, 1.807) is 51.1 Å². The Labute approximate surface area is 220 Å². The van der Waals surface area contributed by atoms with E-state index in [1.165, 1.54) is 13.3 Å². The predicted molar refractivity (Wildman–Crippen MR) is 135 cm³/mol. The molecule has 1 heterocycles. The highest BCUT2D eigenvalue weighted by Gasteiger charge is 2.58. The number of esters is 1. The minimum atomic E-state index is -1.04. The summed E-state index contributed by atoms with van der Waals surface area (Å²) in [7, 11) is 1.24. The van der Waals surface area contributed by atoms with Crippen LogP contribution in [0.25, 0.3) is 0 Å². The van der Waals surface area contributed by atoms with Crippen LogP contribution in [0.1, 0.15) is 44.9 Å². The highest BCUT2D eigenvalue weighted by Crippen LogP contribution is 2.56. The van der Waals surface area contributed by atoms with Crippen LogP contribution in [0.15, 0.2) is 36.5 Å². The standard InChI is InChI=1S/C26H30Cl2N2O6/c1-25(2)18(10-11-26(25,3)24(33)34)22(31)30-21(23(32)35-4)12-15-8-9-16(13-29-15)36-14-17-19(27)6-5-7-20(17)28/h5-9,13,18,21H,10-12,14H2,1-4H3,(H,30,31)(H,33,34)/t18-,21?,26+/m1/s1. The molecule has 10 heteroatoms. The fraction of sp³-hybridized carbons (Fsp3) is 0.462. The number of methoxy groups -OCH3 is 1. The predicted octanol–water partition coefficient (Wildman–Crippen LogP) is 4.69. The summed E-state index contributed by atoms with van der Waals surface area (Å²) in [5, 5.41) is 13.5. The number of aromatic nitrogens is 1. The van der Waals surface area contributed by atoms with E-state index in [0.29, 0.717) is 39.9 Å². The van der Waals surface area contributed by atoms with Gasteiger partial charge in [0.05, 0.1) is 18.7 Å². The molecule has 1 aliphatic carbocycles. The molecule has 0 bridgehead atoms. The summed E-state index contributed by atoms with van der Waals surface area (Å²) in [4.78, 5) is 41.8. The van der Waals surface area contributed by atoms with E-state index in [1.807, 2.05) is 0 Å². The Bertz CT molecular complexity index is 1120. The van der Waals surface area contributed by atoms with Gasteiger partial charge in [0.25, 0.3) is 0 Å². The minimum Gasteiger partial charge on any atom is -0.487 e. The van der Waals surface area contributed by atoms with Gasteiger partial charge in [-0.3, -0.25) is 14.6 Å². The molecule has 1 aromatic carbocycles. The van der Waals surface area contributed by atoms with E-state index in [0.717, 1.165) is 0 Å². The van der Waals surface area contributed by atoms with Crippen LogP contribution in [-0.4, -0.2) is 41.1 Å². The molecule has 3 rings (SSSR count). The molecule has 1 unspecified atom stereocenters. The Balaban J connectivity index is 1.67. The Morgan fingerprint density at radius 2 is 1.83 bits per heavy atom. The van der Waals surface area contributed by atoms with Crippen molar-refractivity contribution < 1.29 is 29.0 Å². The molecule has 1 fully saturated rings. The van der Waals surface area contributed by atoms with Crippen molar-refractivity contribution in [2.75, 3.05) is 7.11 Å². The van der Waals surface area contributed by atoms with Gasteiger partial charge >= 0.3 is 11.9 Å². The number of amides is 1. The summed E-state index contributed by atoms with van der Waals surface area (Å²) in [5.74, 6) is -2.01. The van der Waals surface area contributed by atoms with E-state index in [9.17, 15) is 19.5 Å². The number of hydrogen-bond acceptors (Lipinski definition) is 6. The molecule has 1 aromatic heterocycles. The third-order valence-corrected chi connectivity index (χ3v) is 8.18. The van der Waals surface area contributed by atoms with Crippen molar-refractivity contribution in [1.82, 2.24) is 10.3 Å². The highest BCUT2D eigenvalue weighted by atomic mass is 35.5. The maximum Gasteiger partial charge on any atom is 0.328 e. The fourth-order valence-electron chi connectivity index (χ4n) is 4.60. The Morgan fingerprint density at radius 1 is 1.17 bits per heavy atom. The van der Waals surface area contributed by atoms with Crippen LogP contribution in [0.5, 0.6) is 5.75 Å². The van der Waals surface area contributed by atoms with Crippen LogP contribution in [-0.2, 0) is 32.1 Å². The highest BCUT2D eigenvalue weighted by molar-refractivity contribution is 6.35. The first kappa shape index (κ1) is 27.7. The lowest BCUT2D eigenvalue weighted by Crippen LogP contribution is -2.50. The zero-order chi connectivity index (χ0) is 26.7. The zero-order valence-electron chi connectivity index (χ0n) is 20.6. The maximum absolute atomic E-state index is 13.1. The number of nitrogens with one attached hydrogen (secondary N) is 1. The number of rotatable bonds is 9. The third-order valence-electron chi connectivity index (χ3n) is 7.47. The summed E-state index contributed by atoms with van der Waals surface area (Å²) in [5.41, 5.74) is -0.644. The van der Waals surface area contributed by atoms with Gasteiger partial charge in [-0.25, -0.2) is 4.79 Å². The molecular weight excluding hydrogens is 507 g/mol. The van der Waals surface area contributed by atoms with Crippen molar-refractivity contribution in [3.8, 4) is 5.75 Å². The van der Waals surface area contributed by atoms with Gasteiger partial charge in [0.15, 0.2) is 0 Å². The molecule has 8 nitrogen and oxygen atoms in total. The maximum atomic E-state index is 13.1. The second kappa shape index (κ2) is 11.0. The van der Waals surface area contributed by atoms with Crippen LogP contribution in [0, 0.1) is 16.7 Å². The number of pyridine rings is 1. The molecule has 1 saturated carbocycles. The third kappa shape index (κ3) is 5.60. The number of carbonyl (C=O) groups is 3. The van der Waals surface area contributed by atoms with E-state index in [4.69, 9.17) is 32.7 Å². The smallest absolute Gasteiger partial charge is 0.328 e. The summed E-state index contributed by atoms with van der Waals surface area (Å²) >= 11 is 12.3. The van der Waals surface area contributed by atoms with Crippen LogP contribution in [0.3, 0.4) is 0 Å². The first-order chi connectivity index (χ1) is 16.9. The molecule has 1 amide bonds. The van der Waals surface area contributed by atoms with Crippen LogP contribution in [0.2, 0.25) is 10.0 Å². The van der Waals surface area contributed by atoms with E-state index >= 15 is 0 Å². The van der Waals surface area contributed by atoms with Gasteiger partial charge in [0.1, 0.15) is 18.4 Å². The average molecular weight is 537 g/mol. The number of ether oxygens (including phenoxy) is 2. The number of nitrogens with zero attached hydrogens (tertiary/aromatic N) is 1. The van der Waals surface area contributed by atoms with Gasteiger partial charge in [0.2, 0.25) is 5.91 Å². The van der Waals surface area contributed by atoms with Gasteiger partial charge in [-0.15, -0.1) is 0 Å². The number of carbonyl (C=O) groups excluding carboxylic acids is 2. The summed E-state index contributed by atoms with van der Waals surface area (Å²) in [6, 6.07) is 7.61. The van der Waals surface area contributed by atoms with Gasteiger partial charge in [-0.1, -0.05) is 43.1 Å². The molecule has 194 valence electrons. The summed E-state index contributed by atoms with van der Waals surface area (Å²) < 4.78 is 10.6. The number of hydrogen-bond donors (Lipinski definition) is 2. The summed E-state index contributed by atoms with van der Waals surface area (Å²) in [6.45, 7) is 5.38. The molecule has 0 aliphatic heterocycles. The van der Waals surface area contributed by atoms with Crippen molar-refractivity contribution >= 4 is 41.0 Å². The molecule has 3 atom stereocenters. The lowest BCUT2D eigenvalue weighted by molar-refractivity contribution is -0.156. The first-order valence-electron chi connectivity index (χ1n) is 11.5. The van der Waals surface area contributed by atoms with Gasteiger partial charge < -0.3 is 19.9 Å². The lowest BCUT2D eigenvalue weighted by Gasteiger charge is -2.38. The van der Waals surface area contributed by atoms with Crippen molar-refractivity contribution in [2.24, 2.45) is 16.7 Å². The van der Waals surface area contributed by atoms with Crippen molar-refractivity contribution in [2.45, 2.75) is 52.7 Å². The van der Waals surface area contributed by atoms with Gasteiger partial charge in [0, 0.05) is 33.6 Å². The lowest BCUT2D eigenvalue weighted by atomic mass is 9.65. The molecular formula is C26H30Cl2N2O6. The van der Waals surface area contributed by atoms with Crippen LogP contribution >= 0.6 is 23.2 Å². The Morgan fingerprint density at radius 3 is 2.36 bits per heavy atom. The molecule has 36 heavy (non-hydrogen) atoms. The molecule has 2 N–H and O–H groups in total. The largest absolute Gasteiger partial charge is 0.487 e. The SMILES string of the molecule is COC(=O)C(Cc1ccc(OCc2c(Cl)cccc2Cl)cn1)NC(=O)[C@H]1CC[C@@](C)(C(=O)O)C1(C)C. The van der Waals surface area contributed by atoms with E-state index in [2.05, 4.69) is 10.3 Å². The van der Waals surface area contributed by atoms with Crippen LogP contribution < -0.4 is 10.1 Å². The van der Waals surface area contributed by atoms with E-state index in [-0.39, 0.29) is 18.9 Å². The number of carboxylic acids is 1. The molecule has 2 aromatic rings. The van der Waals surface area contributed by atoms with Crippen molar-refractivity contribution in [1.29, 1.82) is 0 Å². The number of halogens is 2. The van der Waals surface area contributed by atoms with E-state index < -0.39 is 34.7 Å². The number of aliphatic carboxylic acids is 1. The van der Waals surface area contributed by atoms with Gasteiger partial charge in [-0.05, 0) is 49.4 Å². The van der Waals surface area contributed by atoms with Crippen molar-refractivity contribution in [3.05, 3.63) is 57.8 Å². The number of carboxylic acid groups (broad SMARTS) is 1. The zero-order valence-corrected chi connectivity index (χ0v) is 22.2. The normalized spacial score (nSPS) is 21.4. The molecule has 0 saturated heterocycles. The number of benzene rings is 1. The summed E-state index contributed by atoms with van der Waals surface area (Å²) in [6.07, 6.45) is 2.39. The monoisotopic (exact) mass is 536 g/mol. The minimum absolute atomic E-state index is 0.0956. The molecule has 1 aliphatic rings. The molecule has 0 radical (unpaired) electrons. The van der Waals surface area contributed by atoms with Gasteiger partial charge in [-0.2, -0.15) is 0 Å². The second-order valence-corrected chi connectivity index (χ2v) is 10.5. The Hall–Kier alpha value is -2.84.